The molecule has 0 saturated carbocycles. The summed E-state index contributed by atoms with van der Waals surface area (Å²) in [5.74, 6) is -1.12. The lowest BCUT2D eigenvalue weighted by molar-refractivity contribution is -0.140. The smallest absolute Gasteiger partial charge is 0.303 e. The van der Waals surface area contributed by atoms with Crippen LogP contribution in [0.3, 0.4) is 0 Å². The van der Waals surface area contributed by atoms with Gasteiger partial charge in [-0.25, -0.2) is 0 Å². The number of hydrogen-bond acceptors (Lipinski definition) is 4. The first-order valence-electron chi connectivity index (χ1n) is 5.13. The molecule has 0 aliphatic carbocycles. The van der Waals surface area contributed by atoms with Crippen molar-refractivity contribution in [1.82, 2.24) is 4.90 Å². The highest BCUT2D eigenvalue weighted by Crippen LogP contribution is 2.16. The standard InChI is InChI=1S/C10H17NO5/c1-15-7-5-11(6-8(7)16-2)9(12)3-4-10(13)14/h7-8H,3-6H2,1-2H3,(H,13,14)/t7-,8+. The molecule has 16 heavy (non-hydrogen) atoms. The van der Waals surface area contributed by atoms with Crippen LogP contribution in [-0.4, -0.2) is 61.4 Å². The number of aliphatic carboxylic acids is 1. The first kappa shape index (κ1) is 12.9. The number of rotatable bonds is 5. The lowest BCUT2D eigenvalue weighted by Crippen LogP contribution is -2.30. The Labute approximate surface area is 94.1 Å². The fourth-order valence-corrected chi connectivity index (χ4v) is 1.77. The average molecular weight is 231 g/mol. The van der Waals surface area contributed by atoms with E-state index < -0.39 is 5.97 Å². The Morgan fingerprint density at radius 1 is 1.19 bits per heavy atom. The average Bonchev–Trinajstić information content (AvgIpc) is 2.68. The molecule has 0 spiro atoms. The monoisotopic (exact) mass is 231 g/mol. The summed E-state index contributed by atoms with van der Waals surface area (Å²) in [6.45, 7) is 0.931. The number of carbonyl (C=O) groups is 2. The molecule has 0 unspecified atom stereocenters. The predicted octanol–water partition coefficient (Wildman–Crippen LogP) is -0.277. The van der Waals surface area contributed by atoms with Gasteiger partial charge in [-0.15, -0.1) is 0 Å². The van der Waals surface area contributed by atoms with Gasteiger partial charge in [0, 0.05) is 33.7 Å². The molecule has 0 aromatic heterocycles. The van der Waals surface area contributed by atoms with Crippen molar-refractivity contribution in [1.29, 1.82) is 0 Å². The van der Waals surface area contributed by atoms with Crippen molar-refractivity contribution in [3.8, 4) is 0 Å². The van der Waals surface area contributed by atoms with Gasteiger partial charge in [-0.05, 0) is 0 Å². The van der Waals surface area contributed by atoms with Crippen LogP contribution in [-0.2, 0) is 19.1 Å². The molecule has 2 atom stereocenters. The molecular weight excluding hydrogens is 214 g/mol. The molecule has 1 N–H and O–H groups in total. The summed E-state index contributed by atoms with van der Waals surface area (Å²) in [6, 6.07) is 0. The molecule has 1 aliphatic rings. The van der Waals surface area contributed by atoms with Gasteiger partial charge in [-0.1, -0.05) is 0 Å². The summed E-state index contributed by atoms with van der Waals surface area (Å²) in [4.78, 5) is 23.6. The van der Waals surface area contributed by atoms with E-state index in [2.05, 4.69) is 0 Å². The highest BCUT2D eigenvalue weighted by Gasteiger charge is 2.35. The van der Waals surface area contributed by atoms with Gasteiger partial charge in [-0.3, -0.25) is 9.59 Å². The molecule has 6 nitrogen and oxygen atoms in total. The SMILES string of the molecule is CO[C@H]1CN(C(=O)CCC(=O)O)C[C@H]1OC. The number of ether oxygens (including phenoxy) is 2. The number of likely N-dealkylation sites (tertiary alicyclic amines) is 1. The van der Waals surface area contributed by atoms with Crippen LogP contribution in [0.15, 0.2) is 0 Å². The maximum atomic E-state index is 11.6. The van der Waals surface area contributed by atoms with E-state index in [1.165, 1.54) is 0 Å². The Morgan fingerprint density at radius 2 is 1.69 bits per heavy atom. The number of carboxylic acids is 1. The molecule has 0 aromatic carbocycles. The molecule has 1 heterocycles. The molecule has 6 heteroatoms. The lowest BCUT2D eigenvalue weighted by atomic mass is 10.3. The van der Waals surface area contributed by atoms with Gasteiger partial charge in [0.15, 0.2) is 0 Å². The zero-order valence-corrected chi connectivity index (χ0v) is 9.51. The van der Waals surface area contributed by atoms with Crippen LogP contribution in [0, 0.1) is 0 Å². The van der Waals surface area contributed by atoms with E-state index in [4.69, 9.17) is 14.6 Å². The van der Waals surface area contributed by atoms with Crippen molar-refractivity contribution in [2.24, 2.45) is 0 Å². The fourth-order valence-electron chi connectivity index (χ4n) is 1.77. The van der Waals surface area contributed by atoms with Gasteiger partial charge in [0.25, 0.3) is 0 Å². The van der Waals surface area contributed by atoms with Crippen LogP contribution in [0.5, 0.6) is 0 Å². The summed E-state index contributed by atoms with van der Waals surface area (Å²) in [6.07, 6.45) is -0.357. The van der Waals surface area contributed by atoms with Gasteiger partial charge < -0.3 is 19.5 Å². The molecule has 0 aromatic rings. The van der Waals surface area contributed by atoms with Crippen LogP contribution < -0.4 is 0 Å². The third kappa shape index (κ3) is 3.18. The van der Waals surface area contributed by atoms with E-state index in [1.807, 2.05) is 0 Å². The second-order valence-corrected chi connectivity index (χ2v) is 3.74. The van der Waals surface area contributed by atoms with E-state index in [9.17, 15) is 9.59 Å². The molecule has 0 bridgehead atoms. The number of nitrogens with zero attached hydrogens (tertiary/aromatic N) is 1. The van der Waals surface area contributed by atoms with E-state index in [-0.39, 0.29) is 31.0 Å². The largest absolute Gasteiger partial charge is 0.481 e. The minimum atomic E-state index is -0.959. The maximum absolute atomic E-state index is 11.6. The fraction of sp³-hybridized carbons (Fsp3) is 0.800. The molecule has 1 aliphatic heterocycles. The van der Waals surface area contributed by atoms with E-state index in [1.54, 1.807) is 19.1 Å². The van der Waals surface area contributed by atoms with Crippen molar-refractivity contribution in [3.63, 3.8) is 0 Å². The Kier molecular flexibility index (Phi) is 4.70. The van der Waals surface area contributed by atoms with Crippen LogP contribution in [0.25, 0.3) is 0 Å². The van der Waals surface area contributed by atoms with Gasteiger partial charge in [0.05, 0.1) is 6.42 Å². The van der Waals surface area contributed by atoms with Gasteiger partial charge in [0.2, 0.25) is 5.91 Å². The second-order valence-electron chi connectivity index (χ2n) is 3.74. The molecule has 92 valence electrons. The summed E-state index contributed by atoms with van der Waals surface area (Å²) in [5, 5.41) is 8.48. The molecule has 0 radical (unpaired) electrons. The van der Waals surface area contributed by atoms with Crippen molar-refractivity contribution >= 4 is 11.9 Å². The van der Waals surface area contributed by atoms with Crippen molar-refractivity contribution < 1.29 is 24.2 Å². The zero-order valence-electron chi connectivity index (χ0n) is 9.51. The third-order valence-electron chi connectivity index (χ3n) is 2.73. The number of carbonyl (C=O) groups excluding carboxylic acids is 1. The number of carboxylic acid groups (broad SMARTS) is 1. The van der Waals surface area contributed by atoms with E-state index in [0.29, 0.717) is 13.1 Å². The zero-order chi connectivity index (χ0) is 12.1. The first-order chi connectivity index (χ1) is 7.58. The molecule has 1 saturated heterocycles. The Bertz CT molecular complexity index is 256. The van der Waals surface area contributed by atoms with Crippen LogP contribution >= 0.6 is 0 Å². The number of hydrogen-bond donors (Lipinski definition) is 1. The predicted molar refractivity (Wildman–Crippen MR) is 55.0 cm³/mol. The van der Waals surface area contributed by atoms with Crippen LogP contribution in [0.4, 0.5) is 0 Å². The topological polar surface area (TPSA) is 76.1 Å². The minimum absolute atomic E-state index is 0.0300. The van der Waals surface area contributed by atoms with Crippen molar-refractivity contribution in [2.75, 3.05) is 27.3 Å². The molecular formula is C10H17NO5. The highest BCUT2D eigenvalue weighted by atomic mass is 16.5. The third-order valence-corrected chi connectivity index (χ3v) is 2.73. The van der Waals surface area contributed by atoms with Crippen LogP contribution in [0.2, 0.25) is 0 Å². The number of methoxy groups -OCH3 is 2. The molecule has 1 amide bonds. The van der Waals surface area contributed by atoms with Gasteiger partial charge in [-0.2, -0.15) is 0 Å². The molecule has 1 rings (SSSR count). The summed E-state index contributed by atoms with van der Waals surface area (Å²) < 4.78 is 10.4. The normalized spacial score (nSPS) is 24.8. The van der Waals surface area contributed by atoms with E-state index in [0.717, 1.165) is 0 Å². The Morgan fingerprint density at radius 3 is 2.06 bits per heavy atom. The second kappa shape index (κ2) is 5.81. The highest BCUT2D eigenvalue weighted by molar-refractivity contribution is 5.81. The quantitative estimate of drug-likeness (QED) is 0.704. The van der Waals surface area contributed by atoms with Gasteiger partial charge >= 0.3 is 5.97 Å². The maximum Gasteiger partial charge on any atom is 0.303 e. The van der Waals surface area contributed by atoms with Gasteiger partial charge in [0.1, 0.15) is 12.2 Å². The Hall–Kier alpha value is -1.14. The summed E-state index contributed by atoms with van der Waals surface area (Å²) in [7, 11) is 3.14. The van der Waals surface area contributed by atoms with Crippen molar-refractivity contribution in [3.05, 3.63) is 0 Å². The lowest BCUT2D eigenvalue weighted by Gasteiger charge is -2.14. The van der Waals surface area contributed by atoms with Crippen LogP contribution in [0.1, 0.15) is 12.8 Å². The molecule has 1 fully saturated rings. The van der Waals surface area contributed by atoms with E-state index >= 15 is 0 Å². The summed E-state index contributed by atoms with van der Waals surface area (Å²) in [5.41, 5.74) is 0. The summed E-state index contributed by atoms with van der Waals surface area (Å²) >= 11 is 0. The number of amides is 1. The first-order valence-corrected chi connectivity index (χ1v) is 5.13. The Balaban J connectivity index is 2.44. The van der Waals surface area contributed by atoms with Crippen molar-refractivity contribution in [2.45, 2.75) is 25.0 Å². The minimum Gasteiger partial charge on any atom is -0.481 e.